The molecule has 2 aromatic carbocycles. The number of carbonyl (C=O) groups excluding carboxylic acids is 2. The van der Waals surface area contributed by atoms with E-state index >= 15 is 0 Å². The average molecular weight is 641 g/mol. The monoisotopic (exact) mass is 640 g/mol. The first-order chi connectivity index (χ1) is 20.2. The van der Waals surface area contributed by atoms with Crippen molar-refractivity contribution in [2.45, 2.75) is 36.4 Å². The lowest BCUT2D eigenvalue weighted by molar-refractivity contribution is -0.137. The first-order valence-electron chi connectivity index (χ1n) is 13.2. The zero-order valence-corrected chi connectivity index (χ0v) is 25.1. The third-order valence-corrected chi connectivity index (χ3v) is 9.72. The molecule has 3 aromatic rings. The minimum absolute atomic E-state index is 0.0202. The maximum atomic E-state index is 13.6. The predicted molar refractivity (Wildman–Crippen MR) is 156 cm³/mol. The molecule has 2 heterocycles. The molecule has 43 heavy (non-hydrogen) atoms. The van der Waals surface area contributed by atoms with E-state index in [1.807, 2.05) is 0 Å². The van der Waals surface area contributed by atoms with Crippen molar-refractivity contribution in [2.24, 2.45) is 5.92 Å². The van der Waals surface area contributed by atoms with Gasteiger partial charge in [-0.15, -0.1) is 11.3 Å². The number of hydrogen-bond donors (Lipinski definition) is 3. The molecule has 3 N–H and O–H groups in total. The lowest BCUT2D eigenvalue weighted by Gasteiger charge is -2.38. The summed E-state index contributed by atoms with van der Waals surface area (Å²) in [7, 11) is -2.54. The van der Waals surface area contributed by atoms with E-state index in [0.29, 0.717) is 0 Å². The Bertz CT molecular complexity index is 1550. The Morgan fingerprint density at radius 1 is 1.19 bits per heavy atom. The Hall–Kier alpha value is -3.82. The molecule has 0 saturated heterocycles. The molecular formula is C28H31F3N4O6S2. The van der Waals surface area contributed by atoms with E-state index in [9.17, 15) is 36.3 Å². The highest BCUT2D eigenvalue weighted by atomic mass is 32.2. The molecule has 0 bridgehead atoms. The van der Waals surface area contributed by atoms with Crippen molar-refractivity contribution in [1.82, 2.24) is 9.80 Å². The number of para-hydroxylation sites is 1. The van der Waals surface area contributed by atoms with Gasteiger partial charge in [-0.2, -0.15) is 13.2 Å². The maximum Gasteiger partial charge on any atom is 0.416 e. The second-order valence-corrected chi connectivity index (χ2v) is 13.1. The summed E-state index contributed by atoms with van der Waals surface area (Å²) in [6.07, 6.45) is -5.28. The number of fused-ring (bicyclic) bond motifs is 1. The number of aliphatic hydroxyl groups is 1. The smallest absolute Gasteiger partial charge is 0.416 e. The first kappa shape index (κ1) is 32.1. The van der Waals surface area contributed by atoms with Gasteiger partial charge in [0, 0.05) is 25.2 Å². The van der Waals surface area contributed by atoms with Crippen molar-refractivity contribution in [2.75, 3.05) is 36.8 Å². The van der Waals surface area contributed by atoms with Crippen molar-refractivity contribution in [3.63, 3.8) is 0 Å². The van der Waals surface area contributed by atoms with E-state index in [4.69, 9.17) is 4.74 Å². The highest BCUT2D eigenvalue weighted by molar-refractivity contribution is 7.94. The molecule has 0 unspecified atom stereocenters. The van der Waals surface area contributed by atoms with Crippen LogP contribution in [0.5, 0.6) is 5.75 Å². The number of sulfonamides is 1. The highest BCUT2D eigenvalue weighted by Gasteiger charge is 2.36. The number of amides is 3. The molecule has 15 heteroatoms. The standard InChI is InChI=1S/C28H31F3N4O6S2/c1-17-14-35(18(2)16-36)26(37)21-6-4-7-22(33-43(39,40)24-8-5-13-42-24)25(21)41-23(17)15-34(3)27(38)32-20-11-9-19(10-12-20)28(29,30)31/h4-13,17-18,23,33,36H,14-16H2,1-3H3,(H,32,38)/t17-,18-,23-/m1/s1. The summed E-state index contributed by atoms with van der Waals surface area (Å²) in [5.41, 5.74) is -0.608. The molecule has 1 aliphatic heterocycles. The first-order valence-corrected chi connectivity index (χ1v) is 15.5. The second kappa shape index (κ2) is 12.8. The molecule has 10 nitrogen and oxygen atoms in total. The quantitative estimate of drug-likeness (QED) is 0.320. The van der Waals surface area contributed by atoms with Crippen molar-refractivity contribution < 1.29 is 41.0 Å². The van der Waals surface area contributed by atoms with Gasteiger partial charge >= 0.3 is 12.2 Å². The van der Waals surface area contributed by atoms with Crippen LogP contribution in [-0.2, 0) is 16.2 Å². The van der Waals surface area contributed by atoms with E-state index < -0.39 is 51.8 Å². The fraction of sp³-hybridized carbons (Fsp3) is 0.357. The molecule has 0 radical (unpaired) electrons. The molecule has 0 aliphatic carbocycles. The molecule has 0 spiro atoms. The van der Waals surface area contributed by atoms with Crippen molar-refractivity contribution in [3.05, 3.63) is 71.1 Å². The minimum Gasteiger partial charge on any atom is -0.485 e. The summed E-state index contributed by atoms with van der Waals surface area (Å²) in [6.45, 7) is 3.27. The van der Waals surface area contributed by atoms with Crippen LogP contribution in [0, 0.1) is 5.92 Å². The van der Waals surface area contributed by atoms with Crippen LogP contribution in [0.1, 0.15) is 29.8 Å². The third kappa shape index (κ3) is 7.40. The van der Waals surface area contributed by atoms with E-state index in [0.717, 1.165) is 35.6 Å². The number of alkyl halides is 3. The molecule has 3 amide bonds. The normalized spacial score (nSPS) is 18.1. The van der Waals surface area contributed by atoms with Crippen LogP contribution in [0.25, 0.3) is 0 Å². The van der Waals surface area contributed by atoms with Crippen LogP contribution in [0.2, 0.25) is 0 Å². The van der Waals surface area contributed by atoms with Gasteiger partial charge in [-0.3, -0.25) is 9.52 Å². The molecule has 4 rings (SSSR count). The third-order valence-electron chi connectivity index (χ3n) is 6.96. The summed E-state index contributed by atoms with van der Waals surface area (Å²) in [5.74, 6) is -0.905. The summed E-state index contributed by atoms with van der Waals surface area (Å²) < 4.78 is 73.7. The zero-order valence-electron chi connectivity index (χ0n) is 23.5. The molecule has 0 fully saturated rings. The number of carbonyl (C=O) groups is 2. The number of rotatable bonds is 8. The Labute approximate surface area is 251 Å². The summed E-state index contributed by atoms with van der Waals surface area (Å²) in [6, 6.07) is 10.3. The van der Waals surface area contributed by atoms with Crippen LogP contribution in [-0.4, -0.2) is 74.2 Å². The van der Waals surface area contributed by atoms with Crippen LogP contribution >= 0.6 is 11.3 Å². The number of aliphatic hydroxyl groups excluding tert-OH is 1. The van der Waals surface area contributed by atoms with Gasteiger partial charge in [-0.05, 0) is 54.8 Å². The topological polar surface area (TPSA) is 128 Å². The number of thiophene rings is 1. The molecular weight excluding hydrogens is 609 g/mol. The van der Waals surface area contributed by atoms with Crippen molar-refractivity contribution in [3.8, 4) is 5.75 Å². The van der Waals surface area contributed by atoms with Crippen LogP contribution in [0.4, 0.5) is 29.3 Å². The van der Waals surface area contributed by atoms with E-state index in [-0.39, 0.29) is 46.6 Å². The lowest BCUT2D eigenvalue weighted by atomic mass is 9.99. The van der Waals surface area contributed by atoms with Crippen LogP contribution < -0.4 is 14.8 Å². The Morgan fingerprint density at radius 3 is 2.49 bits per heavy atom. The van der Waals surface area contributed by atoms with Crippen LogP contribution in [0.15, 0.2) is 64.2 Å². The second-order valence-electron chi connectivity index (χ2n) is 10.2. The van der Waals surface area contributed by atoms with Crippen molar-refractivity contribution >= 4 is 44.7 Å². The van der Waals surface area contributed by atoms with E-state index in [1.165, 1.54) is 41.1 Å². The number of hydrogen-bond acceptors (Lipinski definition) is 7. The fourth-order valence-corrected chi connectivity index (χ4v) is 6.52. The van der Waals surface area contributed by atoms with E-state index in [1.54, 1.807) is 25.3 Å². The van der Waals surface area contributed by atoms with Crippen molar-refractivity contribution in [1.29, 1.82) is 0 Å². The largest absolute Gasteiger partial charge is 0.485 e. The van der Waals surface area contributed by atoms with Gasteiger partial charge in [0.1, 0.15) is 10.3 Å². The zero-order chi connectivity index (χ0) is 31.5. The van der Waals surface area contributed by atoms with Gasteiger partial charge in [0.2, 0.25) is 0 Å². The molecule has 3 atom stereocenters. The Morgan fingerprint density at radius 2 is 1.88 bits per heavy atom. The number of likely N-dealkylation sites (N-methyl/N-ethyl adjacent to an activating group) is 1. The maximum absolute atomic E-state index is 13.6. The number of anilines is 2. The predicted octanol–water partition coefficient (Wildman–Crippen LogP) is 4.95. The Balaban J connectivity index is 1.63. The number of halogens is 3. The van der Waals surface area contributed by atoms with Gasteiger partial charge in [-0.1, -0.05) is 19.1 Å². The fourth-order valence-electron chi connectivity index (χ4n) is 4.47. The molecule has 232 valence electrons. The molecule has 0 saturated carbocycles. The number of nitrogens with one attached hydrogen (secondary N) is 2. The number of nitrogens with zero attached hydrogens (tertiary/aromatic N) is 2. The van der Waals surface area contributed by atoms with Gasteiger partial charge in [-0.25, -0.2) is 13.2 Å². The summed E-state index contributed by atoms with van der Waals surface area (Å²) in [5, 5.41) is 14.0. The lowest BCUT2D eigenvalue weighted by Crippen LogP contribution is -2.50. The number of benzene rings is 2. The Kier molecular flexibility index (Phi) is 9.57. The summed E-state index contributed by atoms with van der Waals surface area (Å²) >= 11 is 1.02. The van der Waals surface area contributed by atoms with Gasteiger partial charge in [0.25, 0.3) is 15.9 Å². The van der Waals surface area contributed by atoms with Crippen LogP contribution in [0.3, 0.4) is 0 Å². The van der Waals surface area contributed by atoms with Gasteiger partial charge < -0.3 is 25.0 Å². The highest BCUT2D eigenvalue weighted by Crippen LogP contribution is 2.36. The van der Waals surface area contributed by atoms with Gasteiger partial charge in [0.15, 0.2) is 5.75 Å². The van der Waals surface area contributed by atoms with Gasteiger partial charge in [0.05, 0.1) is 36.0 Å². The summed E-state index contributed by atoms with van der Waals surface area (Å²) in [4.78, 5) is 29.4. The number of urea groups is 1. The number of ether oxygens (including phenoxy) is 1. The SMILES string of the molecule is C[C@@H]1CN([C@H](C)CO)C(=O)c2cccc(NS(=O)(=O)c3cccs3)c2O[C@@H]1CN(C)C(=O)Nc1ccc(C(F)(F)F)cc1. The molecule has 1 aromatic heterocycles. The minimum atomic E-state index is -4.51. The average Bonchev–Trinajstić information content (AvgIpc) is 3.51. The van der Waals surface area contributed by atoms with E-state index in [2.05, 4.69) is 10.0 Å². The molecule has 1 aliphatic rings.